The lowest BCUT2D eigenvalue weighted by Gasteiger charge is -2.19. The highest BCUT2D eigenvalue weighted by molar-refractivity contribution is 6.34. The van der Waals surface area contributed by atoms with Gasteiger partial charge in [0, 0.05) is 24.6 Å². The summed E-state index contributed by atoms with van der Waals surface area (Å²) in [6.07, 6.45) is -0.360. The third-order valence-electron chi connectivity index (χ3n) is 5.18. The first kappa shape index (κ1) is 19.4. The number of esters is 1. The van der Waals surface area contributed by atoms with Gasteiger partial charge in [-0.25, -0.2) is 4.39 Å². The summed E-state index contributed by atoms with van der Waals surface area (Å²) in [5, 5.41) is 4.29. The van der Waals surface area contributed by atoms with Gasteiger partial charge in [-0.2, -0.15) is 0 Å². The summed E-state index contributed by atoms with van der Waals surface area (Å²) in [6.45, 7) is 3.68. The smallest absolute Gasteiger partial charge is 0.308 e. The molecule has 0 aromatic heterocycles. The zero-order valence-corrected chi connectivity index (χ0v) is 16.6. The molecule has 1 saturated heterocycles. The van der Waals surface area contributed by atoms with Crippen molar-refractivity contribution in [3.63, 3.8) is 0 Å². The average Bonchev–Trinajstić information content (AvgIpc) is 3.24. The fourth-order valence-corrected chi connectivity index (χ4v) is 4.02. The van der Waals surface area contributed by atoms with Crippen molar-refractivity contribution in [2.45, 2.75) is 20.0 Å². The lowest BCUT2D eigenvalue weighted by molar-refractivity contribution is -0.131. The number of rotatable bonds is 3. The highest BCUT2D eigenvalue weighted by Gasteiger charge is 2.45. The molecule has 4 rings (SSSR count). The standard InChI is InChI=1S/C21H18ClFN2O4/c1-11-13(5-3-8-17(11)28-12(2)26)21(27)25-9-14-18(10-25)29-24-20(14)19-15(22)6-4-7-16(19)23/h3-8,14,18H,9-10H2,1-2H3. The molecule has 2 aliphatic rings. The van der Waals surface area contributed by atoms with Crippen molar-refractivity contribution in [2.75, 3.05) is 13.1 Å². The molecule has 8 heteroatoms. The fraction of sp³-hybridized carbons (Fsp3) is 0.286. The van der Waals surface area contributed by atoms with E-state index in [2.05, 4.69) is 5.16 Å². The third kappa shape index (κ3) is 3.46. The van der Waals surface area contributed by atoms with Crippen LogP contribution in [0.3, 0.4) is 0 Å². The van der Waals surface area contributed by atoms with Gasteiger partial charge in [0.05, 0.1) is 23.0 Å². The van der Waals surface area contributed by atoms with Crippen molar-refractivity contribution < 1.29 is 23.6 Å². The molecule has 0 saturated carbocycles. The van der Waals surface area contributed by atoms with Crippen LogP contribution in [0.25, 0.3) is 0 Å². The van der Waals surface area contributed by atoms with Crippen LogP contribution in [-0.2, 0) is 9.63 Å². The summed E-state index contributed by atoms with van der Waals surface area (Å²) >= 11 is 6.18. The van der Waals surface area contributed by atoms with Crippen molar-refractivity contribution in [1.82, 2.24) is 4.90 Å². The van der Waals surface area contributed by atoms with E-state index >= 15 is 0 Å². The molecular formula is C21H18ClFN2O4. The minimum atomic E-state index is -0.477. The molecule has 0 N–H and O–H groups in total. The zero-order valence-electron chi connectivity index (χ0n) is 15.8. The molecule has 1 amide bonds. The molecule has 0 spiro atoms. The first-order chi connectivity index (χ1) is 13.9. The minimum absolute atomic E-state index is 0.212. The maximum Gasteiger partial charge on any atom is 0.308 e. The van der Waals surface area contributed by atoms with Crippen LogP contribution in [-0.4, -0.2) is 41.7 Å². The number of benzene rings is 2. The Hall–Kier alpha value is -2.93. The van der Waals surface area contributed by atoms with Crippen LogP contribution in [0, 0.1) is 18.7 Å². The van der Waals surface area contributed by atoms with E-state index in [0.717, 1.165) is 0 Å². The second-order valence-corrected chi connectivity index (χ2v) is 7.46. The van der Waals surface area contributed by atoms with Gasteiger partial charge in [0.25, 0.3) is 5.91 Å². The number of hydrogen-bond acceptors (Lipinski definition) is 5. The summed E-state index contributed by atoms with van der Waals surface area (Å²) in [5.74, 6) is -1.07. The number of fused-ring (bicyclic) bond motifs is 1. The van der Waals surface area contributed by atoms with E-state index in [1.807, 2.05) is 0 Å². The summed E-state index contributed by atoms with van der Waals surface area (Å²) < 4.78 is 19.5. The van der Waals surface area contributed by atoms with E-state index in [1.165, 1.54) is 19.1 Å². The van der Waals surface area contributed by atoms with Crippen LogP contribution in [0.1, 0.15) is 28.4 Å². The summed E-state index contributed by atoms with van der Waals surface area (Å²) in [4.78, 5) is 31.5. The molecule has 2 aromatic carbocycles. The number of halogens is 2. The maximum atomic E-state index is 14.3. The van der Waals surface area contributed by atoms with Gasteiger partial charge >= 0.3 is 5.97 Å². The van der Waals surface area contributed by atoms with Gasteiger partial charge in [0.1, 0.15) is 17.3 Å². The first-order valence-corrected chi connectivity index (χ1v) is 9.50. The van der Waals surface area contributed by atoms with Gasteiger partial charge in [-0.3, -0.25) is 9.59 Å². The van der Waals surface area contributed by atoms with Crippen LogP contribution >= 0.6 is 11.6 Å². The number of likely N-dealkylation sites (tertiary alicyclic amines) is 1. The van der Waals surface area contributed by atoms with E-state index < -0.39 is 11.8 Å². The van der Waals surface area contributed by atoms with E-state index in [0.29, 0.717) is 35.7 Å². The normalized spacial score (nSPS) is 20.1. The Balaban J connectivity index is 1.57. The molecule has 2 unspecified atom stereocenters. The average molecular weight is 417 g/mol. The van der Waals surface area contributed by atoms with Crippen LogP contribution < -0.4 is 4.74 Å². The number of amides is 1. The highest BCUT2D eigenvalue weighted by atomic mass is 35.5. The molecule has 1 fully saturated rings. The van der Waals surface area contributed by atoms with Crippen molar-refractivity contribution in [1.29, 1.82) is 0 Å². The highest BCUT2D eigenvalue weighted by Crippen LogP contribution is 2.34. The topological polar surface area (TPSA) is 68.2 Å². The molecule has 0 radical (unpaired) electrons. The first-order valence-electron chi connectivity index (χ1n) is 9.12. The number of nitrogens with zero attached hydrogens (tertiary/aromatic N) is 2. The molecule has 150 valence electrons. The monoisotopic (exact) mass is 416 g/mol. The Morgan fingerprint density at radius 1 is 1.24 bits per heavy atom. The fourth-order valence-electron chi connectivity index (χ4n) is 3.76. The van der Waals surface area contributed by atoms with Crippen molar-refractivity contribution in [3.8, 4) is 5.75 Å². The van der Waals surface area contributed by atoms with Gasteiger partial charge < -0.3 is 14.5 Å². The van der Waals surface area contributed by atoms with Gasteiger partial charge in [-0.15, -0.1) is 0 Å². The molecule has 6 nitrogen and oxygen atoms in total. The molecular weight excluding hydrogens is 399 g/mol. The SMILES string of the molecule is CC(=O)Oc1cccc(C(=O)N2CC3ON=C(c4c(F)cccc4Cl)C3C2)c1C. The predicted octanol–water partition coefficient (Wildman–Crippen LogP) is 3.59. The molecule has 2 heterocycles. The molecule has 2 aromatic rings. The van der Waals surface area contributed by atoms with Crippen molar-refractivity contribution in [2.24, 2.45) is 11.1 Å². The van der Waals surface area contributed by atoms with Crippen LogP contribution in [0.4, 0.5) is 4.39 Å². The number of carbonyl (C=O) groups is 2. The largest absolute Gasteiger partial charge is 0.426 e. The van der Waals surface area contributed by atoms with Gasteiger partial charge in [-0.05, 0) is 31.2 Å². The quantitative estimate of drug-likeness (QED) is 0.566. The van der Waals surface area contributed by atoms with Crippen LogP contribution in [0.15, 0.2) is 41.6 Å². The second-order valence-electron chi connectivity index (χ2n) is 7.06. The summed E-state index contributed by atoms with van der Waals surface area (Å²) in [6, 6.07) is 9.43. The second kappa shape index (κ2) is 7.48. The number of ether oxygens (including phenoxy) is 1. The molecule has 0 bridgehead atoms. The minimum Gasteiger partial charge on any atom is -0.426 e. The van der Waals surface area contributed by atoms with Crippen molar-refractivity contribution >= 4 is 29.2 Å². The predicted molar refractivity (Wildman–Crippen MR) is 105 cm³/mol. The Morgan fingerprint density at radius 3 is 2.72 bits per heavy atom. The lowest BCUT2D eigenvalue weighted by atomic mass is 9.94. The van der Waals surface area contributed by atoms with Crippen molar-refractivity contribution in [3.05, 3.63) is 63.9 Å². The van der Waals surface area contributed by atoms with Gasteiger partial charge in [0.2, 0.25) is 0 Å². The zero-order chi connectivity index (χ0) is 20.7. The summed E-state index contributed by atoms with van der Waals surface area (Å²) in [5.41, 5.74) is 1.64. The molecule has 29 heavy (non-hydrogen) atoms. The van der Waals surface area contributed by atoms with E-state index in [-0.39, 0.29) is 28.5 Å². The lowest BCUT2D eigenvalue weighted by Crippen LogP contribution is -2.31. The van der Waals surface area contributed by atoms with E-state index in [9.17, 15) is 14.0 Å². The van der Waals surface area contributed by atoms with Gasteiger partial charge in [0.15, 0.2) is 6.10 Å². The Labute approximate surface area is 171 Å². The van der Waals surface area contributed by atoms with E-state index in [4.69, 9.17) is 21.2 Å². The Morgan fingerprint density at radius 2 is 2.00 bits per heavy atom. The Bertz CT molecular complexity index is 1020. The summed E-state index contributed by atoms with van der Waals surface area (Å²) in [7, 11) is 0. The number of hydrogen-bond donors (Lipinski definition) is 0. The maximum absolute atomic E-state index is 14.3. The van der Waals surface area contributed by atoms with Crippen LogP contribution in [0.5, 0.6) is 5.75 Å². The molecule has 2 aliphatic heterocycles. The third-order valence-corrected chi connectivity index (χ3v) is 5.49. The van der Waals surface area contributed by atoms with Gasteiger partial charge in [-0.1, -0.05) is 28.9 Å². The number of carbonyl (C=O) groups excluding carboxylic acids is 2. The van der Waals surface area contributed by atoms with E-state index in [1.54, 1.807) is 36.1 Å². The molecule has 0 aliphatic carbocycles. The van der Waals surface area contributed by atoms with Crippen LogP contribution in [0.2, 0.25) is 5.02 Å². The number of oxime groups is 1. The molecule has 2 atom stereocenters. The Kier molecular flexibility index (Phi) is 5.00.